The summed E-state index contributed by atoms with van der Waals surface area (Å²) in [5.74, 6) is 0. The molecular weight excluding hydrogens is 302 g/mol. The zero-order valence-electron chi connectivity index (χ0n) is 12.1. The molecule has 0 heterocycles. The maximum absolute atomic E-state index is 5.75. The van der Waals surface area contributed by atoms with Gasteiger partial charge in [-0.2, -0.15) is 0 Å². The molecule has 4 heteroatoms. The first kappa shape index (κ1) is 14.8. The third kappa shape index (κ3) is 3.12. The van der Waals surface area contributed by atoms with E-state index in [1.165, 1.54) is 30.5 Å². The number of anilines is 1. The highest BCUT2D eigenvalue weighted by molar-refractivity contribution is 9.10. The molecule has 1 aromatic carbocycles. The third-order valence-corrected chi connectivity index (χ3v) is 4.84. The van der Waals surface area contributed by atoms with Crippen LogP contribution in [0.1, 0.15) is 24.8 Å². The second kappa shape index (κ2) is 5.81. The largest absolute Gasteiger partial charge is 0.373 e. The van der Waals surface area contributed by atoms with E-state index in [4.69, 9.17) is 5.73 Å². The van der Waals surface area contributed by atoms with Gasteiger partial charge < -0.3 is 15.5 Å². The van der Waals surface area contributed by atoms with Gasteiger partial charge in [-0.1, -0.05) is 15.9 Å². The van der Waals surface area contributed by atoms with Gasteiger partial charge in [-0.3, -0.25) is 0 Å². The van der Waals surface area contributed by atoms with Crippen molar-refractivity contribution in [2.24, 2.45) is 5.73 Å². The average molecular weight is 326 g/mol. The number of hydrogen-bond acceptors (Lipinski definition) is 3. The lowest BCUT2D eigenvalue weighted by molar-refractivity contribution is 0.0683. The van der Waals surface area contributed by atoms with E-state index >= 15 is 0 Å². The predicted molar refractivity (Wildman–Crippen MR) is 85.6 cm³/mol. The second-order valence-corrected chi connectivity index (χ2v) is 6.77. The Morgan fingerprint density at radius 2 is 1.89 bits per heavy atom. The van der Waals surface area contributed by atoms with Crippen LogP contribution in [0.2, 0.25) is 0 Å². The molecule has 1 aliphatic carbocycles. The van der Waals surface area contributed by atoms with Gasteiger partial charge in [-0.05, 0) is 57.1 Å². The fraction of sp³-hybridized carbons (Fsp3) is 0.600. The summed E-state index contributed by atoms with van der Waals surface area (Å²) in [4.78, 5) is 4.73. The Bertz CT molecular complexity index is 441. The summed E-state index contributed by atoms with van der Waals surface area (Å²) in [7, 11) is 6.56. The van der Waals surface area contributed by atoms with Gasteiger partial charge in [0.2, 0.25) is 0 Å². The monoisotopic (exact) mass is 325 g/mol. The SMILES string of the molecule is CN(CC1(N(C)C)CCC1)c1cc(Br)cc(CN)c1. The molecule has 0 saturated heterocycles. The van der Waals surface area contributed by atoms with Crippen LogP contribution in [0.15, 0.2) is 22.7 Å². The fourth-order valence-electron chi connectivity index (χ4n) is 2.84. The summed E-state index contributed by atoms with van der Waals surface area (Å²) >= 11 is 3.57. The maximum Gasteiger partial charge on any atom is 0.0378 e. The Kier molecular flexibility index (Phi) is 4.54. The zero-order chi connectivity index (χ0) is 14.0. The van der Waals surface area contributed by atoms with Crippen LogP contribution in [0.3, 0.4) is 0 Å². The normalized spacial score (nSPS) is 17.4. The second-order valence-electron chi connectivity index (χ2n) is 5.85. The van der Waals surface area contributed by atoms with Crippen molar-refractivity contribution in [2.45, 2.75) is 31.3 Å². The lowest BCUT2D eigenvalue weighted by Gasteiger charge is -2.49. The molecule has 2 rings (SSSR count). The number of halogens is 1. The summed E-state index contributed by atoms with van der Waals surface area (Å²) < 4.78 is 1.10. The fourth-order valence-corrected chi connectivity index (χ4v) is 3.36. The van der Waals surface area contributed by atoms with Gasteiger partial charge >= 0.3 is 0 Å². The number of hydrogen-bond donors (Lipinski definition) is 1. The Morgan fingerprint density at radius 3 is 2.37 bits per heavy atom. The van der Waals surface area contributed by atoms with Crippen LogP contribution < -0.4 is 10.6 Å². The van der Waals surface area contributed by atoms with Crippen molar-refractivity contribution in [3.63, 3.8) is 0 Å². The van der Waals surface area contributed by atoms with Crippen LogP contribution in [0.5, 0.6) is 0 Å². The van der Waals surface area contributed by atoms with Crippen molar-refractivity contribution in [1.82, 2.24) is 4.90 Å². The molecule has 1 aromatic rings. The van der Waals surface area contributed by atoms with Crippen molar-refractivity contribution in [3.05, 3.63) is 28.2 Å². The van der Waals surface area contributed by atoms with E-state index in [0.717, 1.165) is 11.0 Å². The molecule has 1 fully saturated rings. The lowest BCUT2D eigenvalue weighted by Crippen LogP contribution is -2.56. The highest BCUT2D eigenvalue weighted by Gasteiger charge is 2.39. The molecule has 0 atom stereocenters. The van der Waals surface area contributed by atoms with Crippen LogP contribution in [0, 0.1) is 0 Å². The third-order valence-electron chi connectivity index (χ3n) is 4.38. The Balaban J connectivity index is 2.15. The Labute approximate surface area is 124 Å². The van der Waals surface area contributed by atoms with Crippen LogP contribution in [-0.4, -0.2) is 38.1 Å². The van der Waals surface area contributed by atoms with E-state index < -0.39 is 0 Å². The molecular formula is C15H24BrN3. The topological polar surface area (TPSA) is 32.5 Å². The summed E-state index contributed by atoms with van der Waals surface area (Å²) in [6.07, 6.45) is 3.93. The summed E-state index contributed by atoms with van der Waals surface area (Å²) in [5.41, 5.74) is 8.51. The first-order valence-corrected chi connectivity index (χ1v) is 7.64. The van der Waals surface area contributed by atoms with Gasteiger partial charge in [0.15, 0.2) is 0 Å². The minimum absolute atomic E-state index is 0.347. The molecule has 0 unspecified atom stereocenters. The van der Waals surface area contributed by atoms with Crippen LogP contribution in [0.4, 0.5) is 5.69 Å². The molecule has 0 bridgehead atoms. The number of benzene rings is 1. The molecule has 1 saturated carbocycles. The number of likely N-dealkylation sites (N-methyl/N-ethyl adjacent to an activating group) is 2. The summed E-state index contributed by atoms with van der Waals surface area (Å²) in [5, 5.41) is 0. The molecule has 0 radical (unpaired) electrons. The van der Waals surface area contributed by atoms with Gasteiger partial charge in [0.1, 0.15) is 0 Å². The maximum atomic E-state index is 5.75. The van der Waals surface area contributed by atoms with E-state index in [0.29, 0.717) is 12.1 Å². The number of rotatable bonds is 5. The van der Waals surface area contributed by atoms with E-state index in [1.807, 2.05) is 0 Å². The van der Waals surface area contributed by atoms with Crippen LogP contribution in [-0.2, 0) is 6.54 Å². The highest BCUT2D eigenvalue weighted by Crippen LogP contribution is 2.37. The number of nitrogens with two attached hydrogens (primary N) is 1. The standard InChI is InChI=1S/C15H24BrN3/c1-18(2)15(5-4-6-15)11-19(3)14-8-12(10-17)7-13(16)9-14/h7-9H,4-6,10-11,17H2,1-3H3. The summed E-state index contributed by atoms with van der Waals surface area (Å²) in [6.45, 7) is 1.65. The van der Waals surface area contributed by atoms with Crippen molar-refractivity contribution in [1.29, 1.82) is 0 Å². The van der Waals surface area contributed by atoms with Crippen molar-refractivity contribution in [3.8, 4) is 0 Å². The molecule has 19 heavy (non-hydrogen) atoms. The Morgan fingerprint density at radius 1 is 1.21 bits per heavy atom. The van der Waals surface area contributed by atoms with Gasteiger partial charge in [-0.25, -0.2) is 0 Å². The lowest BCUT2D eigenvalue weighted by atomic mass is 9.75. The van der Waals surface area contributed by atoms with Crippen molar-refractivity contribution < 1.29 is 0 Å². The van der Waals surface area contributed by atoms with E-state index in [2.05, 4.69) is 65.1 Å². The molecule has 106 valence electrons. The zero-order valence-corrected chi connectivity index (χ0v) is 13.7. The van der Waals surface area contributed by atoms with E-state index in [1.54, 1.807) is 0 Å². The first-order chi connectivity index (χ1) is 8.97. The van der Waals surface area contributed by atoms with Crippen LogP contribution in [0.25, 0.3) is 0 Å². The van der Waals surface area contributed by atoms with Gasteiger partial charge in [0.25, 0.3) is 0 Å². The Hall–Kier alpha value is -0.580. The summed E-state index contributed by atoms with van der Waals surface area (Å²) in [6, 6.07) is 6.44. The molecule has 3 nitrogen and oxygen atoms in total. The van der Waals surface area contributed by atoms with Crippen molar-refractivity contribution in [2.75, 3.05) is 32.6 Å². The molecule has 2 N–H and O–H groups in total. The van der Waals surface area contributed by atoms with Crippen LogP contribution >= 0.6 is 15.9 Å². The molecule has 0 aromatic heterocycles. The van der Waals surface area contributed by atoms with Gasteiger partial charge in [-0.15, -0.1) is 0 Å². The van der Waals surface area contributed by atoms with E-state index in [-0.39, 0.29) is 0 Å². The minimum Gasteiger partial charge on any atom is -0.373 e. The molecule has 0 aliphatic heterocycles. The predicted octanol–water partition coefficient (Wildman–Crippen LogP) is 2.83. The van der Waals surface area contributed by atoms with Crippen molar-refractivity contribution >= 4 is 21.6 Å². The highest BCUT2D eigenvalue weighted by atomic mass is 79.9. The first-order valence-electron chi connectivity index (χ1n) is 6.85. The quantitative estimate of drug-likeness (QED) is 0.903. The molecule has 1 aliphatic rings. The number of nitrogens with zero attached hydrogens (tertiary/aromatic N) is 2. The smallest absolute Gasteiger partial charge is 0.0378 e. The van der Waals surface area contributed by atoms with Gasteiger partial charge in [0.05, 0.1) is 0 Å². The average Bonchev–Trinajstić information content (AvgIpc) is 2.32. The van der Waals surface area contributed by atoms with E-state index in [9.17, 15) is 0 Å². The van der Waals surface area contributed by atoms with Gasteiger partial charge in [0, 0.05) is 35.8 Å². The molecule has 0 amide bonds. The minimum atomic E-state index is 0.347. The molecule has 0 spiro atoms.